The number of nitrogens with two attached hydrogens (primary N) is 1. The number of pyridine rings is 1. The molecule has 0 aliphatic carbocycles. The lowest BCUT2D eigenvalue weighted by atomic mass is 10.1. The highest BCUT2D eigenvalue weighted by atomic mass is 19.1. The summed E-state index contributed by atoms with van der Waals surface area (Å²) in [5.41, 5.74) is 8.49. The maximum absolute atomic E-state index is 13.3. The van der Waals surface area contributed by atoms with E-state index in [0.717, 1.165) is 16.9 Å². The predicted octanol–water partition coefficient (Wildman–Crippen LogP) is 2.36. The zero-order chi connectivity index (χ0) is 13.7. The number of hydrogen-bond donors (Lipinski definition) is 1. The van der Waals surface area contributed by atoms with Crippen molar-refractivity contribution in [3.05, 3.63) is 59.7 Å². The van der Waals surface area contributed by atoms with Crippen LogP contribution in [-0.2, 0) is 13.0 Å². The van der Waals surface area contributed by atoms with Gasteiger partial charge in [-0.25, -0.2) is 4.39 Å². The summed E-state index contributed by atoms with van der Waals surface area (Å²) < 4.78 is 13.3. The molecule has 3 nitrogen and oxygen atoms in total. The topological polar surface area (TPSA) is 42.2 Å². The zero-order valence-corrected chi connectivity index (χ0v) is 11.0. The first-order valence-corrected chi connectivity index (χ1v) is 6.30. The van der Waals surface area contributed by atoms with Crippen molar-refractivity contribution in [1.82, 2.24) is 4.98 Å². The second-order valence-electron chi connectivity index (χ2n) is 4.49. The van der Waals surface area contributed by atoms with Crippen LogP contribution in [0.4, 0.5) is 10.1 Å². The highest BCUT2D eigenvalue weighted by Gasteiger charge is 2.09. The Balaban J connectivity index is 2.20. The molecule has 0 amide bonds. The molecular weight excluding hydrogens is 241 g/mol. The molecule has 0 radical (unpaired) electrons. The van der Waals surface area contributed by atoms with Crippen LogP contribution in [0.15, 0.2) is 42.6 Å². The van der Waals surface area contributed by atoms with Gasteiger partial charge in [-0.3, -0.25) is 4.98 Å². The molecule has 0 saturated heterocycles. The van der Waals surface area contributed by atoms with Gasteiger partial charge in [0.25, 0.3) is 0 Å². The van der Waals surface area contributed by atoms with Gasteiger partial charge in [0, 0.05) is 18.9 Å². The van der Waals surface area contributed by atoms with Crippen LogP contribution in [0.1, 0.15) is 11.3 Å². The van der Waals surface area contributed by atoms with Crippen molar-refractivity contribution in [2.45, 2.75) is 13.0 Å². The molecule has 19 heavy (non-hydrogen) atoms. The molecule has 1 aromatic carbocycles. The molecule has 0 spiro atoms. The maximum atomic E-state index is 13.3. The predicted molar refractivity (Wildman–Crippen MR) is 75.5 cm³/mol. The third kappa shape index (κ3) is 3.51. The van der Waals surface area contributed by atoms with Crippen LogP contribution < -0.4 is 10.6 Å². The molecule has 100 valence electrons. The first-order chi connectivity index (χ1) is 9.20. The molecule has 4 heteroatoms. The second-order valence-corrected chi connectivity index (χ2v) is 4.49. The molecule has 0 unspecified atom stereocenters. The smallest absolute Gasteiger partial charge is 0.123 e. The summed E-state index contributed by atoms with van der Waals surface area (Å²) in [4.78, 5) is 6.36. The fraction of sp³-hybridized carbons (Fsp3) is 0.267. The van der Waals surface area contributed by atoms with Gasteiger partial charge in [-0.15, -0.1) is 0 Å². The molecule has 2 rings (SSSR count). The monoisotopic (exact) mass is 259 g/mol. The summed E-state index contributed by atoms with van der Waals surface area (Å²) in [5, 5.41) is 0. The number of aromatic nitrogens is 1. The van der Waals surface area contributed by atoms with E-state index in [1.165, 1.54) is 6.07 Å². The third-order valence-electron chi connectivity index (χ3n) is 2.99. The highest BCUT2D eigenvalue weighted by Crippen LogP contribution is 2.22. The molecule has 0 fully saturated rings. The van der Waals surface area contributed by atoms with Crippen LogP contribution in [0.25, 0.3) is 0 Å². The minimum atomic E-state index is -0.224. The largest absolute Gasteiger partial charge is 0.368 e. The Morgan fingerprint density at radius 1 is 1.26 bits per heavy atom. The molecule has 0 atom stereocenters. The molecule has 0 aliphatic heterocycles. The molecule has 0 bridgehead atoms. The van der Waals surface area contributed by atoms with Crippen LogP contribution in [0.5, 0.6) is 0 Å². The van der Waals surface area contributed by atoms with Gasteiger partial charge in [-0.1, -0.05) is 6.07 Å². The fourth-order valence-corrected chi connectivity index (χ4v) is 2.10. The zero-order valence-electron chi connectivity index (χ0n) is 11.0. The summed E-state index contributed by atoms with van der Waals surface area (Å²) in [6, 6.07) is 10.6. The number of anilines is 1. The minimum Gasteiger partial charge on any atom is -0.368 e. The van der Waals surface area contributed by atoms with Crippen molar-refractivity contribution >= 4 is 5.69 Å². The van der Waals surface area contributed by atoms with Gasteiger partial charge in [0.2, 0.25) is 0 Å². The van der Waals surface area contributed by atoms with Gasteiger partial charge in [0.05, 0.1) is 12.2 Å². The average Bonchev–Trinajstić information content (AvgIpc) is 2.40. The van der Waals surface area contributed by atoms with Crippen molar-refractivity contribution in [3.63, 3.8) is 0 Å². The summed E-state index contributed by atoms with van der Waals surface area (Å²) in [6.07, 6.45) is 2.44. The van der Waals surface area contributed by atoms with Crippen LogP contribution in [0.2, 0.25) is 0 Å². The average molecular weight is 259 g/mol. The molecule has 1 aromatic heterocycles. The van der Waals surface area contributed by atoms with Crippen LogP contribution in [0, 0.1) is 5.82 Å². The van der Waals surface area contributed by atoms with E-state index in [1.54, 1.807) is 18.3 Å². The quantitative estimate of drug-likeness (QED) is 0.896. The normalized spacial score (nSPS) is 10.5. The third-order valence-corrected chi connectivity index (χ3v) is 2.99. The standard InChI is InChI=1S/C15H18FN3/c1-19(11-14-4-2-3-9-18-14)15-6-5-13(16)10-12(15)7-8-17/h2-6,9-10H,7-8,11,17H2,1H3. The summed E-state index contributed by atoms with van der Waals surface area (Å²) in [6.45, 7) is 1.19. The van der Waals surface area contributed by atoms with E-state index in [-0.39, 0.29) is 5.82 Å². The first-order valence-electron chi connectivity index (χ1n) is 6.30. The summed E-state index contributed by atoms with van der Waals surface area (Å²) in [5.74, 6) is -0.224. The molecule has 1 heterocycles. The number of nitrogens with zero attached hydrogens (tertiary/aromatic N) is 2. The lowest BCUT2D eigenvalue weighted by molar-refractivity contribution is 0.625. The van der Waals surface area contributed by atoms with E-state index in [0.29, 0.717) is 19.5 Å². The van der Waals surface area contributed by atoms with Gasteiger partial charge >= 0.3 is 0 Å². The van der Waals surface area contributed by atoms with Crippen molar-refractivity contribution in [1.29, 1.82) is 0 Å². The Kier molecular flexibility index (Phi) is 4.47. The van der Waals surface area contributed by atoms with Gasteiger partial charge in [0.15, 0.2) is 0 Å². The van der Waals surface area contributed by atoms with Crippen LogP contribution in [-0.4, -0.2) is 18.6 Å². The lowest BCUT2D eigenvalue weighted by Gasteiger charge is -2.22. The number of halogens is 1. The van der Waals surface area contributed by atoms with Crippen molar-refractivity contribution in [2.24, 2.45) is 5.73 Å². The van der Waals surface area contributed by atoms with Crippen molar-refractivity contribution in [2.75, 3.05) is 18.5 Å². The fourth-order valence-electron chi connectivity index (χ4n) is 2.10. The molecule has 2 N–H and O–H groups in total. The highest BCUT2D eigenvalue weighted by molar-refractivity contribution is 5.53. The summed E-state index contributed by atoms with van der Waals surface area (Å²) in [7, 11) is 1.97. The Morgan fingerprint density at radius 2 is 2.11 bits per heavy atom. The molecule has 2 aromatic rings. The van der Waals surface area contributed by atoms with E-state index in [2.05, 4.69) is 9.88 Å². The van der Waals surface area contributed by atoms with Gasteiger partial charge in [-0.05, 0) is 48.9 Å². The van der Waals surface area contributed by atoms with Crippen LogP contribution >= 0.6 is 0 Å². The maximum Gasteiger partial charge on any atom is 0.123 e. The Morgan fingerprint density at radius 3 is 2.79 bits per heavy atom. The Bertz CT molecular complexity index is 528. The van der Waals surface area contributed by atoms with E-state index in [9.17, 15) is 4.39 Å². The van der Waals surface area contributed by atoms with Crippen molar-refractivity contribution < 1.29 is 4.39 Å². The minimum absolute atomic E-state index is 0.224. The molecule has 0 saturated carbocycles. The molecule has 0 aliphatic rings. The Labute approximate surface area is 112 Å². The van der Waals surface area contributed by atoms with Crippen LogP contribution in [0.3, 0.4) is 0 Å². The summed E-state index contributed by atoms with van der Waals surface area (Å²) >= 11 is 0. The van der Waals surface area contributed by atoms with Gasteiger partial charge in [-0.2, -0.15) is 0 Å². The van der Waals surface area contributed by atoms with Crippen molar-refractivity contribution in [3.8, 4) is 0 Å². The SMILES string of the molecule is CN(Cc1ccccn1)c1ccc(F)cc1CCN. The van der Waals surface area contributed by atoms with E-state index >= 15 is 0 Å². The van der Waals surface area contributed by atoms with E-state index in [4.69, 9.17) is 5.73 Å². The first kappa shape index (κ1) is 13.5. The number of hydrogen-bond acceptors (Lipinski definition) is 3. The van der Waals surface area contributed by atoms with E-state index in [1.807, 2.05) is 25.2 Å². The number of benzene rings is 1. The second kappa shape index (κ2) is 6.29. The lowest BCUT2D eigenvalue weighted by Crippen LogP contribution is -2.19. The Hall–Kier alpha value is -1.94. The number of rotatable bonds is 5. The van der Waals surface area contributed by atoms with Gasteiger partial charge in [0.1, 0.15) is 5.82 Å². The van der Waals surface area contributed by atoms with Gasteiger partial charge < -0.3 is 10.6 Å². The van der Waals surface area contributed by atoms with E-state index < -0.39 is 0 Å². The molecular formula is C15H18FN3.